The molecule has 0 bridgehead atoms. The Hall–Kier alpha value is -1.08. The van der Waals surface area contributed by atoms with E-state index in [0.717, 1.165) is 11.1 Å². The number of rotatable bonds is 4. The van der Waals surface area contributed by atoms with Crippen LogP contribution < -0.4 is 0 Å². The van der Waals surface area contributed by atoms with E-state index in [2.05, 4.69) is 5.10 Å². The van der Waals surface area contributed by atoms with E-state index in [4.69, 9.17) is 23.2 Å². The molecule has 0 radical (unpaired) electrons. The highest BCUT2D eigenvalue weighted by molar-refractivity contribution is 7.89. The lowest BCUT2D eigenvalue weighted by atomic mass is 10.1. The predicted molar refractivity (Wildman–Crippen MR) is 87.8 cm³/mol. The monoisotopic (exact) mass is 361 g/mol. The van der Waals surface area contributed by atoms with Crippen molar-refractivity contribution in [2.75, 3.05) is 7.05 Å². The number of hydrogen-bond acceptors (Lipinski definition) is 3. The first kappa shape index (κ1) is 17.3. The average molecular weight is 362 g/mol. The summed E-state index contributed by atoms with van der Waals surface area (Å²) in [6.07, 6.45) is 0. The molecule has 2 aromatic rings. The molecule has 0 aliphatic rings. The van der Waals surface area contributed by atoms with Gasteiger partial charge in [0.2, 0.25) is 10.0 Å². The molecular formula is C14H17Cl2N3O2S. The van der Waals surface area contributed by atoms with Crippen molar-refractivity contribution in [2.24, 2.45) is 7.05 Å². The number of benzene rings is 1. The molecule has 0 aliphatic carbocycles. The third-order valence-corrected chi connectivity index (χ3v) is 6.28. The number of aryl methyl sites for hydroxylation is 3. The molecule has 0 unspecified atom stereocenters. The topological polar surface area (TPSA) is 55.2 Å². The Labute approximate surface area is 140 Å². The molecule has 0 atom stereocenters. The number of halogens is 2. The van der Waals surface area contributed by atoms with Gasteiger partial charge in [-0.05, 0) is 37.1 Å². The van der Waals surface area contributed by atoms with E-state index in [1.807, 2.05) is 13.8 Å². The van der Waals surface area contributed by atoms with Gasteiger partial charge in [0.1, 0.15) is 10.2 Å². The van der Waals surface area contributed by atoms with Crippen molar-refractivity contribution < 1.29 is 8.42 Å². The first-order valence-corrected chi connectivity index (χ1v) is 8.74. The molecule has 0 spiro atoms. The Morgan fingerprint density at radius 2 is 1.86 bits per heavy atom. The third kappa shape index (κ3) is 3.15. The fourth-order valence-corrected chi connectivity index (χ4v) is 3.57. The lowest BCUT2D eigenvalue weighted by Crippen LogP contribution is -2.27. The van der Waals surface area contributed by atoms with Crippen LogP contribution >= 0.6 is 23.2 Å². The van der Waals surface area contributed by atoms with Crippen molar-refractivity contribution in [1.82, 2.24) is 14.1 Å². The van der Waals surface area contributed by atoms with Crippen LogP contribution in [0.4, 0.5) is 0 Å². The minimum absolute atomic E-state index is 0.0502. The quantitative estimate of drug-likeness (QED) is 0.840. The third-order valence-electron chi connectivity index (χ3n) is 3.55. The van der Waals surface area contributed by atoms with Crippen LogP contribution in [0.3, 0.4) is 0 Å². The summed E-state index contributed by atoms with van der Waals surface area (Å²) in [5.74, 6) is 0. The summed E-state index contributed by atoms with van der Waals surface area (Å²) in [4.78, 5) is 0.247. The van der Waals surface area contributed by atoms with Gasteiger partial charge in [0.15, 0.2) is 0 Å². The summed E-state index contributed by atoms with van der Waals surface area (Å²) < 4.78 is 27.9. The van der Waals surface area contributed by atoms with E-state index in [1.54, 1.807) is 25.2 Å². The van der Waals surface area contributed by atoms with Crippen molar-refractivity contribution in [3.05, 3.63) is 45.2 Å². The molecule has 1 aromatic carbocycles. The van der Waals surface area contributed by atoms with Crippen LogP contribution in [0.2, 0.25) is 10.2 Å². The molecule has 8 heteroatoms. The summed E-state index contributed by atoms with van der Waals surface area (Å²) in [7, 11) is -0.477. The molecule has 0 saturated heterocycles. The summed E-state index contributed by atoms with van der Waals surface area (Å²) in [5.41, 5.74) is 2.39. The highest BCUT2D eigenvalue weighted by Gasteiger charge is 2.24. The number of aromatic nitrogens is 2. The fourth-order valence-electron chi connectivity index (χ4n) is 1.98. The average Bonchev–Trinajstić information content (AvgIpc) is 2.69. The van der Waals surface area contributed by atoms with Gasteiger partial charge in [0, 0.05) is 14.1 Å². The Morgan fingerprint density at radius 3 is 2.36 bits per heavy atom. The Balaban J connectivity index is 2.32. The SMILES string of the molecule is Cc1ccc(S(=O)(=O)N(C)Cc2nn(C)c(Cl)c2Cl)cc1C. The van der Waals surface area contributed by atoms with Crippen LogP contribution in [0.1, 0.15) is 16.8 Å². The standard InChI is InChI=1S/C14H17Cl2N3O2S/c1-9-5-6-11(7-10(9)2)22(20,21)18(3)8-12-13(15)14(16)19(4)17-12/h5-7H,8H2,1-4H3. The first-order chi connectivity index (χ1) is 10.1. The van der Waals surface area contributed by atoms with Crippen molar-refractivity contribution in [3.8, 4) is 0 Å². The molecule has 2 rings (SSSR count). The zero-order valence-electron chi connectivity index (χ0n) is 12.8. The second-order valence-electron chi connectivity index (χ2n) is 5.18. The van der Waals surface area contributed by atoms with Crippen LogP contribution in [0, 0.1) is 13.8 Å². The minimum atomic E-state index is -3.61. The van der Waals surface area contributed by atoms with Crippen LogP contribution in [0.5, 0.6) is 0 Å². The van der Waals surface area contributed by atoms with E-state index in [0.29, 0.717) is 5.69 Å². The van der Waals surface area contributed by atoms with Crippen LogP contribution in [0.25, 0.3) is 0 Å². The highest BCUT2D eigenvalue weighted by atomic mass is 35.5. The van der Waals surface area contributed by atoms with Crippen molar-refractivity contribution in [3.63, 3.8) is 0 Å². The lowest BCUT2D eigenvalue weighted by molar-refractivity contribution is 0.460. The van der Waals surface area contributed by atoms with Crippen molar-refractivity contribution in [2.45, 2.75) is 25.3 Å². The van der Waals surface area contributed by atoms with Gasteiger partial charge in [-0.2, -0.15) is 9.40 Å². The predicted octanol–water partition coefficient (Wildman–Crippen LogP) is 3.16. The minimum Gasteiger partial charge on any atom is -0.255 e. The molecule has 0 fully saturated rings. The normalized spacial score (nSPS) is 12.1. The largest absolute Gasteiger partial charge is 0.255 e. The highest BCUT2D eigenvalue weighted by Crippen LogP contribution is 2.27. The molecule has 0 saturated carbocycles. The second kappa shape index (κ2) is 6.20. The first-order valence-electron chi connectivity index (χ1n) is 6.55. The molecular weight excluding hydrogens is 345 g/mol. The van der Waals surface area contributed by atoms with Gasteiger partial charge < -0.3 is 0 Å². The summed E-state index contributed by atoms with van der Waals surface area (Å²) in [5, 5.41) is 4.69. The summed E-state index contributed by atoms with van der Waals surface area (Å²) in [6, 6.07) is 5.05. The zero-order chi connectivity index (χ0) is 16.7. The molecule has 0 aliphatic heterocycles. The van der Waals surface area contributed by atoms with Gasteiger partial charge in [-0.25, -0.2) is 8.42 Å². The van der Waals surface area contributed by atoms with Gasteiger partial charge in [-0.3, -0.25) is 4.68 Å². The molecule has 0 amide bonds. The van der Waals surface area contributed by atoms with Gasteiger partial charge in [0.05, 0.1) is 17.1 Å². The molecule has 22 heavy (non-hydrogen) atoms. The van der Waals surface area contributed by atoms with E-state index < -0.39 is 10.0 Å². The zero-order valence-corrected chi connectivity index (χ0v) is 15.1. The molecule has 1 heterocycles. The van der Waals surface area contributed by atoms with Crippen LogP contribution in [0.15, 0.2) is 23.1 Å². The lowest BCUT2D eigenvalue weighted by Gasteiger charge is -2.17. The van der Waals surface area contributed by atoms with Gasteiger partial charge in [-0.1, -0.05) is 29.3 Å². The maximum atomic E-state index is 12.6. The fraction of sp³-hybridized carbons (Fsp3) is 0.357. The van der Waals surface area contributed by atoms with Gasteiger partial charge in [-0.15, -0.1) is 0 Å². The summed E-state index contributed by atoms with van der Waals surface area (Å²) >= 11 is 12.0. The van der Waals surface area contributed by atoms with Crippen molar-refractivity contribution in [1.29, 1.82) is 0 Å². The maximum absolute atomic E-state index is 12.6. The molecule has 0 N–H and O–H groups in total. The Kier molecular flexibility index (Phi) is 4.87. The Morgan fingerprint density at radius 1 is 1.23 bits per heavy atom. The number of sulfonamides is 1. The van der Waals surface area contributed by atoms with E-state index in [9.17, 15) is 8.42 Å². The summed E-state index contributed by atoms with van der Waals surface area (Å²) in [6.45, 7) is 3.86. The Bertz CT molecular complexity index is 816. The van der Waals surface area contributed by atoms with Crippen molar-refractivity contribution >= 4 is 33.2 Å². The smallest absolute Gasteiger partial charge is 0.243 e. The van der Waals surface area contributed by atoms with Gasteiger partial charge in [0.25, 0.3) is 0 Å². The van der Waals surface area contributed by atoms with Crippen LogP contribution in [-0.4, -0.2) is 29.6 Å². The molecule has 1 aromatic heterocycles. The number of hydrogen-bond donors (Lipinski definition) is 0. The van der Waals surface area contributed by atoms with Crippen LogP contribution in [-0.2, 0) is 23.6 Å². The maximum Gasteiger partial charge on any atom is 0.243 e. The molecule has 5 nitrogen and oxygen atoms in total. The van der Waals surface area contributed by atoms with E-state index >= 15 is 0 Å². The molecule has 120 valence electrons. The van der Waals surface area contributed by atoms with Gasteiger partial charge >= 0.3 is 0 Å². The van der Waals surface area contributed by atoms with E-state index in [1.165, 1.54) is 16.0 Å². The second-order valence-corrected chi connectivity index (χ2v) is 7.96. The number of nitrogens with zero attached hydrogens (tertiary/aromatic N) is 3. The van der Waals surface area contributed by atoms with E-state index in [-0.39, 0.29) is 21.6 Å².